The number of pyridine rings is 1. The SMILES string of the molecule is COc1ccccc1-n1nc(C)c(C(=O)Nc2ccc(Cl)cn2)c1N. The molecule has 0 radical (unpaired) electrons. The van der Waals surface area contributed by atoms with E-state index in [-0.39, 0.29) is 11.4 Å². The fourth-order valence-corrected chi connectivity index (χ4v) is 2.55. The zero-order valence-electron chi connectivity index (χ0n) is 13.7. The highest BCUT2D eigenvalue weighted by Gasteiger charge is 2.22. The molecule has 3 N–H and O–H groups in total. The Balaban J connectivity index is 1.97. The largest absolute Gasteiger partial charge is 0.494 e. The number of ether oxygens (including phenoxy) is 1. The quantitative estimate of drug-likeness (QED) is 0.748. The van der Waals surface area contributed by atoms with Gasteiger partial charge in [0.25, 0.3) is 5.91 Å². The second-order valence-electron chi connectivity index (χ2n) is 5.25. The minimum atomic E-state index is -0.397. The predicted octanol–water partition coefficient (Wildman–Crippen LogP) is 3.07. The predicted molar refractivity (Wildman–Crippen MR) is 96.5 cm³/mol. The van der Waals surface area contributed by atoms with E-state index in [1.54, 1.807) is 32.2 Å². The smallest absolute Gasteiger partial charge is 0.262 e. The Kier molecular flexibility index (Phi) is 4.58. The molecule has 0 aliphatic heterocycles. The molecule has 2 aromatic heterocycles. The van der Waals surface area contributed by atoms with Gasteiger partial charge in [0.1, 0.15) is 28.6 Å². The molecular formula is C17H16ClN5O2. The Bertz CT molecular complexity index is 921. The van der Waals surface area contributed by atoms with Crippen molar-refractivity contribution in [2.24, 2.45) is 0 Å². The molecule has 0 unspecified atom stereocenters. The van der Waals surface area contributed by atoms with Crippen LogP contribution in [0.5, 0.6) is 5.75 Å². The van der Waals surface area contributed by atoms with Crippen LogP contribution in [0.1, 0.15) is 16.1 Å². The first-order valence-electron chi connectivity index (χ1n) is 7.42. The first kappa shape index (κ1) is 16.8. The molecule has 0 spiro atoms. The standard InChI is InChI=1S/C17H16ClN5O2/c1-10-15(17(24)21-14-8-7-11(18)9-20-14)16(19)23(22-10)12-5-3-4-6-13(12)25-2/h3-9H,19H2,1-2H3,(H,20,21,24). The topological polar surface area (TPSA) is 95.1 Å². The van der Waals surface area contributed by atoms with Crippen LogP contribution in [-0.2, 0) is 0 Å². The Morgan fingerprint density at radius 2 is 2.04 bits per heavy atom. The molecule has 3 rings (SSSR count). The van der Waals surface area contributed by atoms with Crippen LogP contribution >= 0.6 is 11.6 Å². The lowest BCUT2D eigenvalue weighted by Gasteiger charge is -2.10. The van der Waals surface area contributed by atoms with Crippen LogP contribution in [0.3, 0.4) is 0 Å². The molecule has 128 valence electrons. The summed E-state index contributed by atoms with van der Waals surface area (Å²) in [6.45, 7) is 1.71. The van der Waals surface area contributed by atoms with Crippen LogP contribution < -0.4 is 15.8 Å². The Labute approximate surface area is 149 Å². The van der Waals surface area contributed by atoms with Gasteiger partial charge in [-0.1, -0.05) is 23.7 Å². The number of carbonyl (C=O) groups excluding carboxylic acids is 1. The number of anilines is 2. The van der Waals surface area contributed by atoms with Gasteiger partial charge in [0.15, 0.2) is 0 Å². The van der Waals surface area contributed by atoms with E-state index < -0.39 is 5.91 Å². The maximum atomic E-state index is 12.6. The maximum Gasteiger partial charge on any atom is 0.262 e. The molecule has 8 heteroatoms. The zero-order chi connectivity index (χ0) is 18.0. The molecule has 3 aromatic rings. The van der Waals surface area contributed by atoms with Gasteiger partial charge < -0.3 is 15.8 Å². The first-order chi connectivity index (χ1) is 12.0. The number of aryl methyl sites for hydroxylation is 1. The van der Waals surface area contributed by atoms with Crippen molar-refractivity contribution >= 4 is 29.1 Å². The lowest BCUT2D eigenvalue weighted by molar-refractivity contribution is 0.102. The summed E-state index contributed by atoms with van der Waals surface area (Å²) in [6, 6.07) is 10.5. The monoisotopic (exact) mass is 357 g/mol. The van der Waals surface area contributed by atoms with Crippen molar-refractivity contribution in [2.45, 2.75) is 6.92 Å². The van der Waals surface area contributed by atoms with E-state index in [1.165, 1.54) is 10.9 Å². The highest BCUT2D eigenvalue weighted by molar-refractivity contribution is 6.30. The van der Waals surface area contributed by atoms with Crippen molar-refractivity contribution in [1.29, 1.82) is 0 Å². The van der Waals surface area contributed by atoms with E-state index >= 15 is 0 Å². The van der Waals surface area contributed by atoms with Gasteiger partial charge in [-0.3, -0.25) is 4.79 Å². The number of methoxy groups -OCH3 is 1. The molecule has 25 heavy (non-hydrogen) atoms. The van der Waals surface area contributed by atoms with Crippen molar-refractivity contribution in [3.8, 4) is 11.4 Å². The first-order valence-corrected chi connectivity index (χ1v) is 7.80. The van der Waals surface area contributed by atoms with Crippen molar-refractivity contribution in [3.63, 3.8) is 0 Å². The summed E-state index contributed by atoms with van der Waals surface area (Å²) in [6.07, 6.45) is 1.45. The summed E-state index contributed by atoms with van der Waals surface area (Å²) >= 11 is 5.80. The summed E-state index contributed by atoms with van der Waals surface area (Å²) in [4.78, 5) is 16.6. The number of nitrogen functional groups attached to an aromatic ring is 1. The number of para-hydroxylation sites is 2. The molecule has 0 fully saturated rings. The Morgan fingerprint density at radius 3 is 2.72 bits per heavy atom. The number of nitrogens with one attached hydrogen (secondary N) is 1. The molecule has 1 amide bonds. The van der Waals surface area contributed by atoms with E-state index in [2.05, 4.69) is 15.4 Å². The summed E-state index contributed by atoms with van der Waals surface area (Å²) in [5.74, 6) is 0.792. The number of amides is 1. The average Bonchev–Trinajstić information content (AvgIpc) is 2.91. The molecule has 7 nitrogen and oxygen atoms in total. The van der Waals surface area contributed by atoms with Gasteiger partial charge in [-0.15, -0.1) is 0 Å². The third-order valence-corrected chi connectivity index (χ3v) is 3.83. The summed E-state index contributed by atoms with van der Waals surface area (Å²) in [5, 5.41) is 7.55. The number of nitrogens with zero attached hydrogens (tertiary/aromatic N) is 3. The molecule has 0 saturated carbocycles. The molecule has 0 aliphatic rings. The second kappa shape index (κ2) is 6.82. The number of nitrogens with two attached hydrogens (primary N) is 1. The van der Waals surface area contributed by atoms with Crippen molar-refractivity contribution < 1.29 is 9.53 Å². The minimum absolute atomic E-state index is 0.216. The number of halogens is 1. The molecule has 0 saturated heterocycles. The lowest BCUT2D eigenvalue weighted by Crippen LogP contribution is -2.15. The number of carbonyl (C=O) groups is 1. The highest BCUT2D eigenvalue weighted by atomic mass is 35.5. The van der Waals surface area contributed by atoms with Gasteiger partial charge in [0, 0.05) is 6.20 Å². The zero-order valence-corrected chi connectivity index (χ0v) is 14.4. The molecule has 0 bridgehead atoms. The van der Waals surface area contributed by atoms with Crippen LogP contribution in [0, 0.1) is 6.92 Å². The number of rotatable bonds is 4. The third-order valence-electron chi connectivity index (χ3n) is 3.61. The summed E-state index contributed by atoms with van der Waals surface area (Å²) in [7, 11) is 1.56. The van der Waals surface area contributed by atoms with Crippen LogP contribution in [-0.4, -0.2) is 27.8 Å². The van der Waals surface area contributed by atoms with Crippen LogP contribution in [0.25, 0.3) is 5.69 Å². The second-order valence-corrected chi connectivity index (χ2v) is 5.68. The van der Waals surface area contributed by atoms with Gasteiger partial charge in [-0.2, -0.15) is 5.10 Å². The summed E-state index contributed by atoms with van der Waals surface area (Å²) in [5.41, 5.74) is 7.60. The number of benzene rings is 1. The van der Waals surface area contributed by atoms with Crippen molar-refractivity contribution in [1.82, 2.24) is 14.8 Å². The number of hydrogen-bond donors (Lipinski definition) is 2. The van der Waals surface area contributed by atoms with E-state index in [9.17, 15) is 4.79 Å². The van der Waals surface area contributed by atoms with E-state index in [1.807, 2.05) is 18.2 Å². The van der Waals surface area contributed by atoms with E-state index in [0.717, 1.165) is 0 Å². The maximum absolute atomic E-state index is 12.6. The molecule has 0 atom stereocenters. The van der Waals surface area contributed by atoms with Crippen LogP contribution in [0.15, 0.2) is 42.6 Å². The fraction of sp³-hybridized carbons (Fsp3) is 0.118. The van der Waals surface area contributed by atoms with Crippen molar-refractivity contribution in [2.75, 3.05) is 18.2 Å². The fourth-order valence-electron chi connectivity index (χ4n) is 2.44. The minimum Gasteiger partial charge on any atom is -0.494 e. The average molecular weight is 358 g/mol. The molecular weight excluding hydrogens is 342 g/mol. The molecule has 2 heterocycles. The van der Waals surface area contributed by atoms with E-state index in [4.69, 9.17) is 22.1 Å². The third kappa shape index (κ3) is 3.27. The lowest BCUT2D eigenvalue weighted by atomic mass is 10.2. The Hall–Kier alpha value is -3.06. The normalized spacial score (nSPS) is 10.5. The summed E-state index contributed by atoms with van der Waals surface area (Å²) < 4.78 is 6.82. The Morgan fingerprint density at radius 1 is 1.28 bits per heavy atom. The molecule has 1 aromatic carbocycles. The van der Waals surface area contributed by atoms with E-state index in [0.29, 0.717) is 28.0 Å². The van der Waals surface area contributed by atoms with Gasteiger partial charge in [0.05, 0.1) is 17.8 Å². The molecule has 0 aliphatic carbocycles. The van der Waals surface area contributed by atoms with Crippen molar-refractivity contribution in [3.05, 3.63) is 58.9 Å². The number of aromatic nitrogens is 3. The van der Waals surface area contributed by atoms with Crippen LogP contribution in [0.4, 0.5) is 11.6 Å². The van der Waals surface area contributed by atoms with Gasteiger partial charge >= 0.3 is 0 Å². The van der Waals surface area contributed by atoms with Gasteiger partial charge in [-0.25, -0.2) is 9.67 Å². The van der Waals surface area contributed by atoms with Gasteiger partial charge in [-0.05, 0) is 31.2 Å². The van der Waals surface area contributed by atoms with Crippen LogP contribution in [0.2, 0.25) is 5.02 Å². The highest BCUT2D eigenvalue weighted by Crippen LogP contribution is 2.27. The number of hydrogen-bond acceptors (Lipinski definition) is 5. The van der Waals surface area contributed by atoms with Gasteiger partial charge in [0.2, 0.25) is 0 Å².